The second-order valence-corrected chi connectivity index (χ2v) is 24.4. The fourth-order valence-corrected chi connectivity index (χ4v) is 15.4. The number of fused-ring (bicyclic) bond motifs is 8. The highest BCUT2D eigenvalue weighted by Crippen LogP contribution is 2.56. The third-order valence-corrected chi connectivity index (χ3v) is 20.0. The minimum absolute atomic E-state index is 0.679. The van der Waals surface area contributed by atoms with Gasteiger partial charge in [-0.25, -0.2) is 0 Å². The Kier molecular flexibility index (Phi) is 17.3. The molecule has 0 amide bonds. The first-order chi connectivity index (χ1) is 28.6. The molecule has 4 heterocycles. The number of nitrogens with zero attached hydrogens (tertiary/aromatic N) is 1. The lowest BCUT2D eigenvalue weighted by molar-refractivity contribution is -0.130. The molecule has 0 aromatic heterocycles. The zero-order valence-electron chi connectivity index (χ0n) is 38.9. The molecule has 4 unspecified atom stereocenters. The molecule has 6 bridgehead atoms. The number of ether oxygens (including phenoxy) is 1. The Hall–Kier alpha value is -0.0800. The molecule has 2 heteroatoms. The van der Waals surface area contributed by atoms with Gasteiger partial charge in [0.2, 0.25) is 0 Å². The van der Waals surface area contributed by atoms with Crippen molar-refractivity contribution in [1.29, 1.82) is 0 Å². The summed E-state index contributed by atoms with van der Waals surface area (Å²) in [5.41, 5.74) is 2.50. The van der Waals surface area contributed by atoms with Crippen LogP contribution in [0.1, 0.15) is 263 Å². The van der Waals surface area contributed by atoms with E-state index in [0.717, 1.165) is 53.6 Å². The first-order valence-corrected chi connectivity index (χ1v) is 27.9. The summed E-state index contributed by atoms with van der Waals surface area (Å²) in [6, 6.07) is 0. The van der Waals surface area contributed by atoms with Crippen molar-refractivity contribution in [2.24, 2.45) is 57.7 Å². The van der Waals surface area contributed by atoms with Crippen molar-refractivity contribution in [3.05, 3.63) is 0 Å². The van der Waals surface area contributed by atoms with E-state index in [1.54, 1.807) is 135 Å². The summed E-state index contributed by atoms with van der Waals surface area (Å²) < 4.78 is 5.22. The molecule has 4 aliphatic heterocycles. The van der Waals surface area contributed by atoms with Crippen LogP contribution < -0.4 is 0 Å². The Labute approximate surface area is 362 Å². The van der Waals surface area contributed by atoms with E-state index < -0.39 is 0 Å². The monoisotopic (exact) mass is 802 g/mol. The van der Waals surface area contributed by atoms with Gasteiger partial charge in [0.15, 0.2) is 0 Å². The Morgan fingerprint density at radius 3 is 0.914 bits per heavy atom. The van der Waals surface area contributed by atoms with Crippen LogP contribution in [0, 0.1) is 57.7 Å². The first kappa shape index (κ1) is 44.5. The van der Waals surface area contributed by atoms with Gasteiger partial charge in [0.25, 0.3) is 0 Å². The van der Waals surface area contributed by atoms with Crippen LogP contribution in [0.3, 0.4) is 0 Å². The van der Waals surface area contributed by atoms with Crippen molar-refractivity contribution in [2.75, 3.05) is 32.8 Å². The smallest absolute Gasteiger partial charge is 0.0544 e. The molecule has 4 saturated heterocycles. The highest BCUT2D eigenvalue weighted by molar-refractivity contribution is 4.94. The highest BCUT2D eigenvalue weighted by atomic mass is 16.5. The molecule has 0 aromatic rings. The quantitative estimate of drug-likeness (QED) is 0.242. The predicted octanol–water partition coefficient (Wildman–Crippen LogP) is 16.7. The van der Waals surface area contributed by atoms with Gasteiger partial charge in [0.1, 0.15) is 0 Å². The molecule has 15 rings (SSSR count). The normalized spacial score (nSPS) is 39.3. The molecule has 11 saturated carbocycles. The van der Waals surface area contributed by atoms with Crippen LogP contribution in [-0.2, 0) is 4.74 Å². The summed E-state index contributed by atoms with van der Waals surface area (Å²) in [5.74, 6) is 8.14. The van der Waals surface area contributed by atoms with Crippen molar-refractivity contribution in [1.82, 2.24) is 4.90 Å². The van der Waals surface area contributed by atoms with Gasteiger partial charge in [-0.3, -0.25) is 0 Å². The molecular formula is C56H99NO. The number of rotatable bonds is 0. The van der Waals surface area contributed by atoms with Gasteiger partial charge in [0, 0.05) is 5.41 Å². The lowest BCUT2D eigenvalue weighted by atomic mass is 9.72. The fourth-order valence-electron chi connectivity index (χ4n) is 15.4. The average molecular weight is 802 g/mol. The van der Waals surface area contributed by atoms with Gasteiger partial charge >= 0.3 is 0 Å². The zero-order valence-corrected chi connectivity index (χ0v) is 38.9. The molecule has 0 N–H and O–H groups in total. The summed E-state index contributed by atoms with van der Waals surface area (Å²) in [7, 11) is 0. The Morgan fingerprint density at radius 1 is 0.276 bits per heavy atom. The highest BCUT2D eigenvalue weighted by Gasteiger charge is 2.42. The lowest BCUT2D eigenvalue weighted by Crippen LogP contribution is -2.43. The maximum atomic E-state index is 5.22. The van der Waals surface area contributed by atoms with E-state index in [2.05, 4.69) is 4.90 Å². The molecule has 3 spiro atoms. The van der Waals surface area contributed by atoms with Crippen LogP contribution >= 0.6 is 0 Å². The largest absolute Gasteiger partial charge is 0.380 e. The Morgan fingerprint density at radius 2 is 0.638 bits per heavy atom. The Bertz CT molecular complexity index is 1020. The summed E-state index contributed by atoms with van der Waals surface area (Å²) in [4.78, 5) is 2.58. The van der Waals surface area contributed by atoms with Crippen LogP contribution in [-0.4, -0.2) is 37.7 Å². The molecule has 15 fully saturated rings. The summed E-state index contributed by atoms with van der Waals surface area (Å²) in [5, 5.41) is 0. The number of piperidine rings is 3. The molecular weight excluding hydrogens is 703 g/mol. The molecule has 2 nitrogen and oxygen atoms in total. The van der Waals surface area contributed by atoms with Crippen LogP contribution in [0.25, 0.3) is 0 Å². The predicted molar refractivity (Wildman–Crippen MR) is 248 cm³/mol. The fraction of sp³-hybridized carbons (Fsp3) is 1.00. The molecule has 58 heavy (non-hydrogen) atoms. The van der Waals surface area contributed by atoms with Gasteiger partial charge in [-0.15, -0.1) is 0 Å². The SMILES string of the molecule is C1CC2CCC(C1)C2.C1CC2CCCC(C1)C2.C1CCC2(C1)CCCC2.C1CCC2(CC1)CC2.C1CCC2(CC1)COC2.C1CCC2CC2C1.C1CN2CCC1CC2. The van der Waals surface area contributed by atoms with Crippen molar-refractivity contribution in [3.63, 3.8) is 0 Å². The van der Waals surface area contributed by atoms with Gasteiger partial charge in [0.05, 0.1) is 13.2 Å². The van der Waals surface area contributed by atoms with Crippen molar-refractivity contribution in [2.45, 2.75) is 263 Å². The maximum Gasteiger partial charge on any atom is 0.0544 e. The minimum atomic E-state index is 0.679. The molecule has 0 aromatic carbocycles. The molecule has 334 valence electrons. The minimum Gasteiger partial charge on any atom is -0.380 e. The lowest BCUT2D eigenvalue weighted by Gasteiger charge is -2.44. The van der Waals surface area contributed by atoms with E-state index in [1.165, 1.54) is 160 Å². The van der Waals surface area contributed by atoms with Crippen molar-refractivity contribution >= 4 is 0 Å². The van der Waals surface area contributed by atoms with E-state index in [9.17, 15) is 0 Å². The number of hydrogen-bond donors (Lipinski definition) is 0. The maximum absolute atomic E-state index is 5.22. The molecule has 0 radical (unpaired) electrons. The van der Waals surface area contributed by atoms with E-state index in [-0.39, 0.29) is 0 Å². The van der Waals surface area contributed by atoms with Crippen molar-refractivity contribution < 1.29 is 4.74 Å². The molecule has 11 aliphatic carbocycles. The van der Waals surface area contributed by atoms with E-state index in [1.807, 2.05) is 0 Å². The van der Waals surface area contributed by atoms with Gasteiger partial charge in [-0.1, -0.05) is 161 Å². The van der Waals surface area contributed by atoms with Crippen LogP contribution in [0.2, 0.25) is 0 Å². The van der Waals surface area contributed by atoms with Gasteiger partial charge in [-0.2, -0.15) is 0 Å². The van der Waals surface area contributed by atoms with Crippen LogP contribution in [0.15, 0.2) is 0 Å². The second kappa shape index (κ2) is 22.5. The van der Waals surface area contributed by atoms with Gasteiger partial charge in [-0.05, 0) is 175 Å². The third kappa shape index (κ3) is 14.0. The van der Waals surface area contributed by atoms with Gasteiger partial charge < -0.3 is 9.64 Å². The topological polar surface area (TPSA) is 12.5 Å². The van der Waals surface area contributed by atoms with Crippen LogP contribution in [0.4, 0.5) is 0 Å². The van der Waals surface area contributed by atoms with Crippen LogP contribution in [0.5, 0.6) is 0 Å². The molecule has 15 aliphatic rings. The Balaban J connectivity index is 0.0000000945. The summed E-state index contributed by atoms with van der Waals surface area (Å²) in [6.45, 7) is 6.31. The summed E-state index contributed by atoms with van der Waals surface area (Å²) >= 11 is 0. The number of hydrogen-bond acceptors (Lipinski definition) is 2. The van der Waals surface area contributed by atoms with E-state index >= 15 is 0 Å². The first-order valence-electron chi connectivity index (χ1n) is 27.9. The van der Waals surface area contributed by atoms with E-state index in [0.29, 0.717) is 5.41 Å². The average Bonchev–Trinajstić information content (AvgIpc) is 4.06. The standard InChI is InChI=1S/2C9H16.C8H14O.2C8H14.C7H13N.C7H12/c1-3-8-5-2-6-9(4-1)7-8;1-2-6-9(5-1)7-3-4-8-9;1-2-4-8(5-3-1)6-9-7-8;1-2-7-4-5-8(3-1)6-7;1-2-4-8(5-3-1)6-7-8;1-4-8-5-2-7(1)3-6-8;1-2-4-7-5-6(7)3-1/h8-9H,1-7H2;1-8H2;1-7H2;7-8H,1-6H2;1-7H2;7H,1-6H2;6-7H,1-5H2. The third-order valence-electron chi connectivity index (χ3n) is 20.0. The summed E-state index contributed by atoms with van der Waals surface area (Å²) in [6.07, 6.45) is 62.8. The molecule has 4 atom stereocenters. The van der Waals surface area contributed by atoms with E-state index in [4.69, 9.17) is 4.74 Å². The van der Waals surface area contributed by atoms with Crippen molar-refractivity contribution in [3.8, 4) is 0 Å². The zero-order chi connectivity index (χ0) is 39.4. The second-order valence-electron chi connectivity index (χ2n) is 24.4.